The van der Waals surface area contributed by atoms with E-state index < -0.39 is 0 Å². The zero-order chi connectivity index (χ0) is 18.7. The Labute approximate surface area is 155 Å². The Kier molecular flexibility index (Phi) is 5.72. The van der Waals surface area contributed by atoms with Crippen LogP contribution in [0.2, 0.25) is 0 Å². The molecular weight excluding hydrogens is 328 g/mol. The van der Waals surface area contributed by atoms with Crippen molar-refractivity contribution in [3.8, 4) is 6.07 Å². The summed E-state index contributed by atoms with van der Waals surface area (Å²) in [5, 5.41) is 21.1. The van der Waals surface area contributed by atoms with Crippen LogP contribution in [-0.4, -0.2) is 59.3 Å². The average Bonchev–Trinajstić information content (AvgIpc) is 3.16. The molecule has 1 atom stereocenters. The van der Waals surface area contributed by atoms with Crippen LogP contribution in [0.4, 0.5) is 5.82 Å². The van der Waals surface area contributed by atoms with Crippen LogP contribution >= 0.6 is 0 Å². The number of carbonyl (C=O) groups excluding carboxylic acids is 1. The molecule has 1 amide bonds. The normalized spacial score (nSPS) is 20.0. The van der Waals surface area contributed by atoms with E-state index in [9.17, 15) is 10.1 Å². The van der Waals surface area contributed by atoms with Crippen LogP contribution in [0.25, 0.3) is 0 Å². The number of hydrogen-bond donors (Lipinski definition) is 1. The third kappa shape index (κ3) is 3.80. The van der Waals surface area contributed by atoms with Crippen LogP contribution < -0.4 is 10.2 Å². The topological polar surface area (TPSA) is 85.2 Å². The molecular formula is C19H28N6O. The summed E-state index contributed by atoms with van der Waals surface area (Å²) in [5.74, 6) is 0.798. The van der Waals surface area contributed by atoms with Crippen molar-refractivity contribution in [1.29, 1.82) is 5.26 Å². The van der Waals surface area contributed by atoms with Crippen LogP contribution in [0.5, 0.6) is 0 Å². The highest BCUT2D eigenvalue weighted by molar-refractivity contribution is 5.81. The van der Waals surface area contributed by atoms with Crippen molar-refractivity contribution >= 4 is 11.7 Å². The maximum atomic E-state index is 12.5. The van der Waals surface area contributed by atoms with Gasteiger partial charge < -0.3 is 10.2 Å². The Balaban J connectivity index is 1.60. The van der Waals surface area contributed by atoms with E-state index in [0.717, 1.165) is 50.3 Å². The summed E-state index contributed by atoms with van der Waals surface area (Å²) in [4.78, 5) is 16.8. The Morgan fingerprint density at radius 3 is 2.46 bits per heavy atom. The van der Waals surface area contributed by atoms with Crippen molar-refractivity contribution in [2.45, 2.75) is 58.5 Å². The van der Waals surface area contributed by atoms with Crippen LogP contribution in [0, 0.1) is 25.2 Å². The second-order valence-corrected chi connectivity index (χ2v) is 7.41. The summed E-state index contributed by atoms with van der Waals surface area (Å²) < 4.78 is 0. The fraction of sp³-hybridized carbons (Fsp3) is 0.684. The van der Waals surface area contributed by atoms with Crippen molar-refractivity contribution in [1.82, 2.24) is 20.4 Å². The van der Waals surface area contributed by atoms with E-state index in [2.05, 4.69) is 31.4 Å². The van der Waals surface area contributed by atoms with Crippen molar-refractivity contribution in [2.24, 2.45) is 0 Å². The van der Waals surface area contributed by atoms with Crippen molar-refractivity contribution in [3.05, 3.63) is 16.8 Å². The molecule has 2 heterocycles. The average molecular weight is 356 g/mol. The number of nitrogens with zero attached hydrogens (tertiary/aromatic N) is 5. The largest absolute Gasteiger partial charge is 0.352 e. The van der Waals surface area contributed by atoms with Gasteiger partial charge in [-0.15, -0.1) is 5.10 Å². The number of piperazine rings is 1. The van der Waals surface area contributed by atoms with Crippen molar-refractivity contribution in [3.63, 3.8) is 0 Å². The third-order valence-corrected chi connectivity index (χ3v) is 5.79. The third-order valence-electron chi connectivity index (χ3n) is 5.79. The van der Waals surface area contributed by atoms with Crippen LogP contribution in [0.15, 0.2) is 0 Å². The number of aromatic nitrogens is 2. The molecule has 140 valence electrons. The monoisotopic (exact) mass is 356 g/mol. The maximum absolute atomic E-state index is 12.5. The molecule has 26 heavy (non-hydrogen) atoms. The maximum Gasteiger partial charge on any atom is 0.237 e. The van der Waals surface area contributed by atoms with E-state index >= 15 is 0 Å². The molecule has 1 saturated heterocycles. The summed E-state index contributed by atoms with van der Waals surface area (Å²) in [5.41, 5.74) is 2.29. The van der Waals surface area contributed by atoms with Gasteiger partial charge in [-0.25, -0.2) is 0 Å². The minimum Gasteiger partial charge on any atom is -0.352 e. The molecule has 0 radical (unpaired) electrons. The molecule has 1 aliphatic carbocycles. The minimum absolute atomic E-state index is 0.126. The van der Waals surface area contributed by atoms with Gasteiger partial charge in [0.1, 0.15) is 11.6 Å². The zero-order valence-electron chi connectivity index (χ0n) is 16.0. The first-order chi connectivity index (χ1) is 12.5. The van der Waals surface area contributed by atoms with Crippen LogP contribution in [0.3, 0.4) is 0 Å². The molecule has 1 aliphatic heterocycles. The molecule has 0 spiro atoms. The van der Waals surface area contributed by atoms with Crippen molar-refractivity contribution < 1.29 is 4.79 Å². The highest BCUT2D eigenvalue weighted by Gasteiger charge is 2.29. The van der Waals surface area contributed by atoms with Gasteiger partial charge in [-0.05, 0) is 39.2 Å². The number of rotatable bonds is 4. The van der Waals surface area contributed by atoms with Crippen LogP contribution in [0.1, 0.15) is 49.4 Å². The minimum atomic E-state index is -0.126. The molecule has 2 aliphatic rings. The van der Waals surface area contributed by atoms with E-state index in [1.54, 1.807) is 0 Å². The molecule has 7 heteroatoms. The number of aryl methyl sites for hydroxylation is 1. The summed E-state index contributed by atoms with van der Waals surface area (Å²) in [6, 6.07) is 2.50. The smallest absolute Gasteiger partial charge is 0.237 e. The Bertz CT molecular complexity index is 699. The second kappa shape index (κ2) is 8.00. The second-order valence-electron chi connectivity index (χ2n) is 7.41. The van der Waals surface area contributed by atoms with Gasteiger partial charge >= 0.3 is 0 Å². The molecule has 7 nitrogen and oxygen atoms in total. The molecule has 3 rings (SSSR count). The molecule has 1 N–H and O–H groups in total. The van der Waals surface area contributed by atoms with Gasteiger partial charge in [0.05, 0.1) is 11.7 Å². The highest BCUT2D eigenvalue weighted by Crippen LogP contribution is 2.23. The van der Waals surface area contributed by atoms with E-state index in [4.69, 9.17) is 0 Å². The first-order valence-corrected chi connectivity index (χ1v) is 9.54. The number of carbonyl (C=O) groups is 1. The van der Waals surface area contributed by atoms with Gasteiger partial charge in [-0.2, -0.15) is 10.4 Å². The lowest BCUT2D eigenvalue weighted by Gasteiger charge is -2.38. The predicted molar refractivity (Wildman–Crippen MR) is 99.9 cm³/mol. The summed E-state index contributed by atoms with van der Waals surface area (Å²) in [7, 11) is 0. The van der Waals surface area contributed by atoms with E-state index in [-0.39, 0.29) is 11.9 Å². The molecule has 0 bridgehead atoms. The molecule has 1 aromatic heterocycles. The first-order valence-electron chi connectivity index (χ1n) is 9.54. The molecule has 2 fully saturated rings. The summed E-state index contributed by atoms with van der Waals surface area (Å²) in [6.45, 7) is 8.81. The Morgan fingerprint density at radius 2 is 1.85 bits per heavy atom. The van der Waals surface area contributed by atoms with Gasteiger partial charge in [0.2, 0.25) is 5.91 Å². The van der Waals surface area contributed by atoms with E-state index in [0.29, 0.717) is 17.4 Å². The molecule has 1 saturated carbocycles. The highest BCUT2D eigenvalue weighted by atomic mass is 16.2. The zero-order valence-corrected chi connectivity index (χ0v) is 16.0. The lowest BCUT2D eigenvalue weighted by molar-refractivity contribution is -0.126. The van der Waals surface area contributed by atoms with E-state index in [1.165, 1.54) is 12.8 Å². The standard InChI is InChI=1S/C19H28N6O/c1-13-14(2)22-23-18(17(13)12-20)25-10-8-24(9-11-25)15(3)19(26)21-16-6-4-5-7-16/h15-16H,4-11H2,1-3H3,(H,21,26). The summed E-state index contributed by atoms with van der Waals surface area (Å²) >= 11 is 0. The van der Waals surface area contributed by atoms with Crippen LogP contribution in [-0.2, 0) is 4.79 Å². The molecule has 1 aromatic rings. The number of hydrogen-bond acceptors (Lipinski definition) is 6. The van der Waals surface area contributed by atoms with Gasteiger partial charge in [0.25, 0.3) is 0 Å². The number of nitriles is 1. The lowest BCUT2D eigenvalue weighted by Crippen LogP contribution is -2.55. The Morgan fingerprint density at radius 1 is 1.19 bits per heavy atom. The summed E-state index contributed by atoms with van der Waals surface area (Å²) in [6.07, 6.45) is 4.65. The van der Waals surface area contributed by atoms with Gasteiger partial charge in [0.15, 0.2) is 5.82 Å². The van der Waals surface area contributed by atoms with Gasteiger partial charge in [-0.3, -0.25) is 9.69 Å². The fourth-order valence-electron chi connectivity index (χ4n) is 3.83. The van der Waals surface area contributed by atoms with Crippen molar-refractivity contribution in [2.75, 3.05) is 31.1 Å². The number of nitrogens with one attached hydrogen (secondary N) is 1. The predicted octanol–water partition coefficient (Wildman–Crippen LogP) is 1.53. The number of amides is 1. The number of anilines is 1. The van der Waals surface area contributed by atoms with E-state index in [1.807, 2.05) is 20.8 Å². The fourth-order valence-corrected chi connectivity index (χ4v) is 3.83. The van der Waals surface area contributed by atoms with Gasteiger partial charge in [-0.1, -0.05) is 12.8 Å². The molecule has 0 aromatic carbocycles. The quantitative estimate of drug-likeness (QED) is 0.881. The van der Waals surface area contributed by atoms with Gasteiger partial charge in [0, 0.05) is 32.2 Å². The molecule has 1 unspecified atom stereocenters. The lowest BCUT2D eigenvalue weighted by atomic mass is 10.1. The Hall–Kier alpha value is -2.20. The SMILES string of the molecule is Cc1nnc(N2CCN(C(C)C(=O)NC3CCCC3)CC2)c(C#N)c1C. The first kappa shape index (κ1) is 18.6.